The predicted molar refractivity (Wildman–Crippen MR) is 173 cm³/mol. The largest absolute Gasteiger partial charge is 0.479 e. The van der Waals surface area contributed by atoms with Crippen molar-refractivity contribution in [2.24, 2.45) is 17.8 Å². The van der Waals surface area contributed by atoms with Crippen LogP contribution in [0.2, 0.25) is 0 Å². The third-order valence-electron chi connectivity index (χ3n) is 9.48. The molecule has 3 rings (SSSR count). The highest BCUT2D eigenvalue weighted by atomic mass is 16.8. The lowest BCUT2D eigenvalue weighted by Gasteiger charge is -2.48. The van der Waals surface area contributed by atoms with E-state index in [0.29, 0.717) is 24.3 Å². The number of fused-ring (bicyclic) bond motifs is 2. The smallest absolute Gasteiger partial charge is 0.344 e. The van der Waals surface area contributed by atoms with Gasteiger partial charge in [0.15, 0.2) is 6.10 Å². The third-order valence-corrected chi connectivity index (χ3v) is 9.48. The maximum absolute atomic E-state index is 13.1. The molecule has 9 unspecified atom stereocenters. The van der Waals surface area contributed by atoms with Crippen molar-refractivity contribution in [1.82, 2.24) is 5.32 Å². The van der Waals surface area contributed by atoms with Crippen LogP contribution in [0.3, 0.4) is 0 Å². The second kappa shape index (κ2) is 16.2. The van der Waals surface area contributed by atoms with Crippen LogP contribution in [-0.4, -0.2) is 97.2 Å². The molecule has 49 heavy (non-hydrogen) atoms. The summed E-state index contributed by atoms with van der Waals surface area (Å²) in [5, 5.41) is 56.4. The van der Waals surface area contributed by atoms with E-state index in [1.165, 1.54) is 6.92 Å². The lowest BCUT2D eigenvalue weighted by molar-refractivity contribution is -0.374. The zero-order valence-electron chi connectivity index (χ0n) is 28.6. The van der Waals surface area contributed by atoms with Crippen LogP contribution in [0.5, 0.6) is 0 Å². The SMILES string of the molecule is CCC(C)CC(C)CCC(=O)OC1C(O)C2(CCC(=CC(C)Cc3ccccc3)CNC(C)=O)OC(C(=O)O)C(O)(C(=O)O)C1(C(=O)O)O2. The number of aliphatic hydroxyl groups excluding tert-OH is 1. The number of carboxylic acids is 3. The van der Waals surface area contributed by atoms with Gasteiger partial charge in [0.2, 0.25) is 29.0 Å². The molecule has 2 aliphatic rings. The molecule has 0 radical (unpaired) electrons. The zero-order chi connectivity index (χ0) is 36.7. The number of nitrogens with one attached hydrogen (secondary N) is 1. The van der Waals surface area contributed by atoms with Gasteiger partial charge in [-0.05, 0) is 49.0 Å². The normalized spacial score (nSPS) is 29.8. The maximum Gasteiger partial charge on any atom is 0.344 e. The molecule has 1 amide bonds. The highest BCUT2D eigenvalue weighted by Crippen LogP contribution is 2.55. The van der Waals surface area contributed by atoms with Crippen molar-refractivity contribution in [2.45, 2.75) is 115 Å². The van der Waals surface area contributed by atoms with Crippen LogP contribution < -0.4 is 5.32 Å². The molecule has 0 spiro atoms. The number of allylic oxidation sites excluding steroid dienone is 1. The second-order valence-electron chi connectivity index (χ2n) is 13.5. The molecule has 0 aromatic heterocycles. The van der Waals surface area contributed by atoms with Gasteiger partial charge in [-0.2, -0.15) is 0 Å². The lowest BCUT2D eigenvalue weighted by Crippen LogP contribution is -2.78. The van der Waals surface area contributed by atoms with E-state index in [9.17, 15) is 49.5 Å². The molecule has 0 aliphatic carbocycles. The van der Waals surface area contributed by atoms with E-state index in [1.807, 2.05) is 57.2 Å². The third kappa shape index (κ3) is 8.48. The van der Waals surface area contributed by atoms with Gasteiger partial charge in [0, 0.05) is 26.3 Å². The number of hydrogen-bond acceptors (Lipinski definition) is 10. The monoisotopic (exact) mass is 691 g/mol. The van der Waals surface area contributed by atoms with Gasteiger partial charge in [-0.25, -0.2) is 14.4 Å². The van der Waals surface area contributed by atoms with Crippen molar-refractivity contribution in [3.63, 3.8) is 0 Å². The molecule has 2 fully saturated rings. The summed E-state index contributed by atoms with van der Waals surface area (Å²) in [6, 6.07) is 9.57. The van der Waals surface area contributed by atoms with Crippen LogP contribution >= 0.6 is 0 Å². The zero-order valence-corrected chi connectivity index (χ0v) is 28.6. The first-order valence-corrected chi connectivity index (χ1v) is 16.6. The molecule has 1 aromatic carbocycles. The Hall–Kier alpha value is -3.85. The molecule has 2 bridgehead atoms. The number of ether oxygens (including phenoxy) is 3. The highest BCUT2D eigenvalue weighted by Gasteiger charge is 2.85. The summed E-state index contributed by atoms with van der Waals surface area (Å²) in [5.41, 5.74) is -5.72. The maximum atomic E-state index is 13.1. The molecule has 14 heteroatoms. The van der Waals surface area contributed by atoms with Crippen molar-refractivity contribution >= 4 is 29.8 Å². The Morgan fingerprint density at radius 1 is 1.00 bits per heavy atom. The number of aliphatic carboxylic acids is 3. The summed E-state index contributed by atoms with van der Waals surface area (Å²) >= 11 is 0. The van der Waals surface area contributed by atoms with Crippen LogP contribution in [0.1, 0.15) is 78.7 Å². The first-order chi connectivity index (χ1) is 22.9. The number of carbonyl (C=O) groups excluding carboxylic acids is 2. The summed E-state index contributed by atoms with van der Waals surface area (Å²) in [6.07, 6.45) is -3.64. The molecule has 9 atom stereocenters. The standard InChI is InChI=1S/C35H49NO13/c1-6-20(2)16-21(3)12-13-26(38)47-28-27(39)33(48-29(30(40)41)34(46,31(42)43)35(28,49-33)32(44)45)15-14-25(19-36-23(5)37)18-22(4)17-24-10-8-7-9-11-24/h7-11,18,20-22,27-29,39,46H,6,12-17,19H2,1-5H3,(H,36,37)(H,40,41)(H,42,43)(H,44,45). The lowest BCUT2D eigenvalue weighted by atomic mass is 9.74. The quantitative estimate of drug-likeness (QED) is 0.0963. The van der Waals surface area contributed by atoms with Crippen molar-refractivity contribution in [3.05, 3.63) is 47.5 Å². The summed E-state index contributed by atoms with van der Waals surface area (Å²) in [4.78, 5) is 62.9. The molecule has 0 saturated carbocycles. The fraction of sp³-hybridized carbons (Fsp3) is 0.629. The van der Waals surface area contributed by atoms with Gasteiger partial charge in [0.25, 0.3) is 0 Å². The van der Waals surface area contributed by atoms with Crippen LogP contribution in [0.4, 0.5) is 0 Å². The first kappa shape index (κ1) is 39.6. The predicted octanol–water partition coefficient (Wildman–Crippen LogP) is 2.68. The Morgan fingerprint density at radius 3 is 2.20 bits per heavy atom. The van der Waals surface area contributed by atoms with E-state index in [1.54, 1.807) is 0 Å². The molecule has 6 N–H and O–H groups in total. The van der Waals surface area contributed by atoms with Crippen molar-refractivity contribution in [1.29, 1.82) is 0 Å². The van der Waals surface area contributed by atoms with Crippen LogP contribution in [0.25, 0.3) is 0 Å². The molecule has 1 aromatic rings. The topological polar surface area (TPSA) is 226 Å². The number of carbonyl (C=O) groups is 5. The van der Waals surface area contributed by atoms with Crippen molar-refractivity contribution in [2.75, 3.05) is 6.54 Å². The first-order valence-electron chi connectivity index (χ1n) is 16.6. The van der Waals surface area contributed by atoms with E-state index in [0.717, 1.165) is 18.4 Å². The molecule has 2 heterocycles. The number of amides is 1. The number of rotatable bonds is 18. The summed E-state index contributed by atoms with van der Waals surface area (Å²) in [7, 11) is 0. The Labute approximate surface area is 285 Å². The Morgan fingerprint density at radius 2 is 1.65 bits per heavy atom. The van der Waals surface area contributed by atoms with Gasteiger partial charge in [0.1, 0.15) is 6.10 Å². The summed E-state index contributed by atoms with van der Waals surface area (Å²) in [5.74, 6) is -10.1. The Kier molecular flexibility index (Phi) is 13.1. The van der Waals surface area contributed by atoms with Crippen LogP contribution in [0, 0.1) is 17.8 Å². The molecule has 2 saturated heterocycles. The van der Waals surface area contributed by atoms with Gasteiger partial charge >= 0.3 is 23.9 Å². The molecular formula is C35H49NO13. The van der Waals surface area contributed by atoms with E-state index in [2.05, 4.69) is 12.2 Å². The number of benzene rings is 1. The van der Waals surface area contributed by atoms with E-state index < -0.39 is 65.6 Å². The summed E-state index contributed by atoms with van der Waals surface area (Å²) in [6.45, 7) is 9.29. The van der Waals surface area contributed by atoms with Crippen molar-refractivity contribution < 1.29 is 63.7 Å². The summed E-state index contributed by atoms with van der Waals surface area (Å²) < 4.78 is 16.7. The van der Waals surface area contributed by atoms with Gasteiger partial charge in [-0.1, -0.05) is 76.1 Å². The Balaban J connectivity index is 2.01. The minimum atomic E-state index is -3.85. The minimum absolute atomic E-state index is 0.0272. The van der Waals surface area contributed by atoms with Crippen LogP contribution in [-0.2, 0) is 44.6 Å². The Bertz CT molecular complexity index is 1400. The number of aliphatic hydroxyl groups is 2. The van der Waals surface area contributed by atoms with Crippen LogP contribution in [0.15, 0.2) is 42.0 Å². The van der Waals surface area contributed by atoms with E-state index >= 15 is 0 Å². The van der Waals surface area contributed by atoms with Gasteiger partial charge < -0.3 is 45.1 Å². The van der Waals surface area contributed by atoms with E-state index in [4.69, 9.17) is 14.2 Å². The highest BCUT2D eigenvalue weighted by molar-refractivity contribution is 5.98. The number of hydrogen-bond donors (Lipinski definition) is 6. The van der Waals surface area contributed by atoms with Gasteiger partial charge in [-0.15, -0.1) is 0 Å². The molecule has 14 nitrogen and oxygen atoms in total. The second-order valence-corrected chi connectivity index (χ2v) is 13.5. The van der Waals surface area contributed by atoms with Gasteiger partial charge in [-0.3, -0.25) is 9.59 Å². The number of carboxylic acid groups (broad SMARTS) is 3. The molecular weight excluding hydrogens is 642 g/mol. The molecule has 2 aliphatic heterocycles. The average molecular weight is 692 g/mol. The minimum Gasteiger partial charge on any atom is -0.479 e. The fourth-order valence-corrected chi connectivity index (χ4v) is 6.73. The van der Waals surface area contributed by atoms with E-state index in [-0.39, 0.29) is 37.1 Å². The molecule has 272 valence electrons. The average Bonchev–Trinajstić information content (AvgIpc) is 3.25. The van der Waals surface area contributed by atoms with Crippen molar-refractivity contribution in [3.8, 4) is 0 Å². The van der Waals surface area contributed by atoms with Gasteiger partial charge in [0.05, 0.1) is 0 Å². The number of esters is 1. The fourth-order valence-electron chi connectivity index (χ4n) is 6.73.